The Morgan fingerprint density at radius 1 is 1.45 bits per heavy atom. The molecule has 1 aliphatic rings. The molecular weight excluding hydrogens is 304 g/mol. The van der Waals surface area contributed by atoms with E-state index in [2.05, 4.69) is 15.4 Å². The molecule has 0 aliphatic carbocycles. The molecule has 0 unspecified atom stereocenters. The number of pyridine rings is 1. The predicted molar refractivity (Wildman–Crippen MR) is 81.7 cm³/mol. The number of rotatable bonds is 4. The second-order valence-corrected chi connectivity index (χ2v) is 5.84. The maximum Gasteiger partial charge on any atom is 0.273 e. The van der Waals surface area contributed by atoms with E-state index in [-0.39, 0.29) is 23.6 Å². The molecule has 1 amide bonds. The first-order valence-electron chi connectivity index (χ1n) is 7.10. The van der Waals surface area contributed by atoms with Crippen LogP contribution in [0.3, 0.4) is 0 Å². The number of halogens is 1. The molecule has 22 heavy (non-hydrogen) atoms. The number of hydrogen-bond donors (Lipinski definition) is 1. The van der Waals surface area contributed by atoms with Gasteiger partial charge in [-0.25, -0.2) is 0 Å². The number of nitrogens with one attached hydrogen (secondary N) is 1. The molecule has 0 spiro atoms. The van der Waals surface area contributed by atoms with Crippen LogP contribution in [0.25, 0.3) is 0 Å². The highest BCUT2D eigenvalue weighted by Crippen LogP contribution is 2.20. The van der Waals surface area contributed by atoms with Crippen LogP contribution in [0, 0.1) is 5.92 Å². The van der Waals surface area contributed by atoms with E-state index in [9.17, 15) is 4.79 Å². The summed E-state index contributed by atoms with van der Waals surface area (Å²) in [7, 11) is 1.73. The summed E-state index contributed by atoms with van der Waals surface area (Å²) < 4.78 is 7.05. The van der Waals surface area contributed by atoms with Gasteiger partial charge in [0.2, 0.25) is 0 Å². The topological polar surface area (TPSA) is 69.0 Å². The fourth-order valence-electron chi connectivity index (χ4n) is 2.63. The van der Waals surface area contributed by atoms with E-state index < -0.39 is 0 Å². The minimum atomic E-state index is -0.263. The Morgan fingerprint density at radius 3 is 2.91 bits per heavy atom. The van der Waals surface area contributed by atoms with E-state index in [0.29, 0.717) is 18.2 Å². The van der Waals surface area contributed by atoms with Crippen molar-refractivity contribution in [3.05, 3.63) is 47.0 Å². The number of aromatic nitrogens is 3. The SMILES string of the molecule is Cn1cc(Cl)c(C(=O)N[C@H]2COC[C@H]2Cc2ccncc2)n1. The predicted octanol–water partition coefficient (Wildman–Crippen LogP) is 1.46. The Balaban J connectivity index is 1.66. The third-order valence-corrected chi connectivity index (χ3v) is 4.04. The van der Waals surface area contributed by atoms with Crippen LogP contribution in [0.4, 0.5) is 0 Å². The molecule has 1 N–H and O–H groups in total. The Morgan fingerprint density at radius 2 is 2.23 bits per heavy atom. The highest BCUT2D eigenvalue weighted by molar-refractivity contribution is 6.33. The smallest absolute Gasteiger partial charge is 0.273 e. The van der Waals surface area contributed by atoms with Crippen molar-refractivity contribution < 1.29 is 9.53 Å². The number of ether oxygens (including phenoxy) is 1. The quantitative estimate of drug-likeness (QED) is 0.926. The Labute approximate surface area is 133 Å². The third-order valence-electron chi connectivity index (χ3n) is 3.76. The van der Waals surface area contributed by atoms with Gasteiger partial charge in [0, 0.05) is 31.6 Å². The molecule has 0 aromatic carbocycles. The van der Waals surface area contributed by atoms with E-state index in [4.69, 9.17) is 16.3 Å². The van der Waals surface area contributed by atoms with Crippen molar-refractivity contribution in [2.24, 2.45) is 13.0 Å². The van der Waals surface area contributed by atoms with E-state index in [0.717, 1.165) is 6.42 Å². The lowest BCUT2D eigenvalue weighted by molar-refractivity contribution is 0.0919. The average Bonchev–Trinajstić information content (AvgIpc) is 3.06. The van der Waals surface area contributed by atoms with Gasteiger partial charge < -0.3 is 10.1 Å². The largest absolute Gasteiger partial charge is 0.379 e. The van der Waals surface area contributed by atoms with Crippen LogP contribution < -0.4 is 5.32 Å². The minimum absolute atomic E-state index is 0.0428. The van der Waals surface area contributed by atoms with Gasteiger partial charge in [0.15, 0.2) is 5.69 Å². The van der Waals surface area contributed by atoms with Crippen molar-refractivity contribution in [1.29, 1.82) is 0 Å². The monoisotopic (exact) mass is 320 g/mol. The second-order valence-electron chi connectivity index (χ2n) is 5.44. The zero-order valence-corrected chi connectivity index (χ0v) is 13.0. The number of carbonyl (C=O) groups excluding carboxylic acids is 1. The molecule has 3 heterocycles. The fraction of sp³-hybridized carbons (Fsp3) is 0.400. The van der Waals surface area contributed by atoms with Gasteiger partial charge in [-0.2, -0.15) is 5.10 Å². The van der Waals surface area contributed by atoms with Crippen LogP contribution in [0.1, 0.15) is 16.1 Å². The van der Waals surface area contributed by atoms with E-state index in [1.807, 2.05) is 12.1 Å². The number of carbonyl (C=O) groups is 1. The van der Waals surface area contributed by atoms with Crippen molar-refractivity contribution in [3.63, 3.8) is 0 Å². The van der Waals surface area contributed by atoms with Gasteiger partial charge in [-0.1, -0.05) is 11.6 Å². The van der Waals surface area contributed by atoms with E-state index >= 15 is 0 Å². The molecule has 0 bridgehead atoms. The zero-order chi connectivity index (χ0) is 15.5. The molecular formula is C15H17ClN4O2. The van der Waals surface area contributed by atoms with E-state index in [1.54, 1.807) is 25.6 Å². The van der Waals surface area contributed by atoms with Gasteiger partial charge in [0.25, 0.3) is 5.91 Å². The minimum Gasteiger partial charge on any atom is -0.379 e. The van der Waals surface area contributed by atoms with Crippen LogP contribution in [0.2, 0.25) is 5.02 Å². The molecule has 0 radical (unpaired) electrons. The summed E-state index contributed by atoms with van der Waals surface area (Å²) in [5.74, 6) is -0.0327. The van der Waals surface area contributed by atoms with Crippen LogP contribution in [0.5, 0.6) is 0 Å². The van der Waals surface area contributed by atoms with Crippen LogP contribution >= 0.6 is 11.6 Å². The maximum atomic E-state index is 12.3. The first-order chi connectivity index (χ1) is 10.6. The van der Waals surface area contributed by atoms with Crippen molar-refractivity contribution in [3.8, 4) is 0 Å². The van der Waals surface area contributed by atoms with Gasteiger partial charge in [0.05, 0.1) is 24.3 Å². The second kappa shape index (κ2) is 6.46. The normalized spacial score (nSPS) is 21.0. The summed E-state index contributed by atoms with van der Waals surface area (Å²) in [6, 6.07) is 3.92. The lowest BCUT2D eigenvalue weighted by Gasteiger charge is -2.18. The molecule has 2 aromatic rings. The van der Waals surface area contributed by atoms with Crippen LogP contribution in [-0.4, -0.2) is 39.9 Å². The van der Waals surface area contributed by atoms with Gasteiger partial charge in [-0.15, -0.1) is 0 Å². The highest BCUT2D eigenvalue weighted by atomic mass is 35.5. The lowest BCUT2D eigenvalue weighted by atomic mass is 9.95. The van der Waals surface area contributed by atoms with Gasteiger partial charge in [-0.3, -0.25) is 14.5 Å². The molecule has 116 valence electrons. The number of hydrogen-bond acceptors (Lipinski definition) is 4. The molecule has 6 nitrogen and oxygen atoms in total. The standard InChI is InChI=1S/C15H17ClN4O2/c1-20-7-12(16)14(19-20)15(21)18-13-9-22-8-11(13)6-10-2-4-17-5-3-10/h2-5,7,11,13H,6,8-9H2,1H3,(H,18,21)/t11-,13+/m1/s1. The molecule has 1 saturated heterocycles. The summed E-state index contributed by atoms with van der Waals surface area (Å²) in [4.78, 5) is 16.3. The van der Waals surface area contributed by atoms with Crippen molar-refractivity contribution >= 4 is 17.5 Å². The lowest BCUT2D eigenvalue weighted by Crippen LogP contribution is -2.40. The summed E-state index contributed by atoms with van der Waals surface area (Å²) >= 11 is 6.01. The molecule has 2 atom stereocenters. The van der Waals surface area contributed by atoms with Gasteiger partial charge >= 0.3 is 0 Å². The molecule has 2 aromatic heterocycles. The van der Waals surface area contributed by atoms with Crippen molar-refractivity contribution in [2.45, 2.75) is 12.5 Å². The number of amides is 1. The van der Waals surface area contributed by atoms with Crippen molar-refractivity contribution in [2.75, 3.05) is 13.2 Å². The summed E-state index contributed by atoms with van der Waals surface area (Å²) in [6.45, 7) is 1.13. The Hall–Kier alpha value is -1.92. The van der Waals surface area contributed by atoms with Gasteiger partial charge in [0.1, 0.15) is 0 Å². The Kier molecular flexibility index (Phi) is 4.40. The number of nitrogens with zero attached hydrogens (tertiary/aromatic N) is 3. The van der Waals surface area contributed by atoms with Crippen molar-refractivity contribution in [1.82, 2.24) is 20.1 Å². The van der Waals surface area contributed by atoms with E-state index in [1.165, 1.54) is 10.2 Å². The van der Waals surface area contributed by atoms with Gasteiger partial charge in [-0.05, 0) is 24.1 Å². The number of aryl methyl sites for hydroxylation is 1. The van der Waals surface area contributed by atoms with Crippen LogP contribution in [-0.2, 0) is 18.2 Å². The molecule has 1 aliphatic heterocycles. The summed E-state index contributed by atoms with van der Waals surface area (Å²) in [5, 5.41) is 7.42. The zero-order valence-electron chi connectivity index (χ0n) is 12.2. The highest BCUT2D eigenvalue weighted by Gasteiger charge is 2.31. The first-order valence-corrected chi connectivity index (χ1v) is 7.48. The maximum absolute atomic E-state index is 12.3. The summed E-state index contributed by atoms with van der Waals surface area (Å²) in [6.07, 6.45) is 5.98. The molecule has 3 rings (SSSR count). The summed E-state index contributed by atoms with van der Waals surface area (Å²) in [5.41, 5.74) is 1.43. The third kappa shape index (κ3) is 3.28. The fourth-order valence-corrected chi connectivity index (χ4v) is 2.90. The van der Waals surface area contributed by atoms with Crippen LogP contribution in [0.15, 0.2) is 30.7 Å². The Bertz CT molecular complexity index is 659. The first kappa shape index (κ1) is 15.0. The average molecular weight is 321 g/mol. The molecule has 0 saturated carbocycles. The molecule has 7 heteroatoms. The molecule has 1 fully saturated rings.